The number of hydrogen-bond acceptors (Lipinski definition) is 6. The van der Waals surface area contributed by atoms with Gasteiger partial charge in [0.2, 0.25) is 0 Å². The van der Waals surface area contributed by atoms with E-state index in [2.05, 4.69) is 5.16 Å². The smallest absolute Gasteiger partial charge is 0.290 e. The summed E-state index contributed by atoms with van der Waals surface area (Å²) in [7, 11) is 3.18. The lowest BCUT2D eigenvalue weighted by atomic mass is 10.1. The summed E-state index contributed by atoms with van der Waals surface area (Å²) in [6.45, 7) is 0.671. The van der Waals surface area contributed by atoms with E-state index in [1.54, 1.807) is 43.4 Å². The topological polar surface area (TPSA) is 77.9 Å². The first-order valence-corrected chi connectivity index (χ1v) is 9.72. The molecule has 2 heterocycles. The Hall–Kier alpha value is -4.00. The third kappa shape index (κ3) is 4.61. The maximum atomic E-state index is 13.0. The van der Waals surface area contributed by atoms with Crippen LogP contribution in [-0.2, 0) is 13.1 Å². The molecule has 0 saturated carbocycles. The van der Waals surface area contributed by atoms with Gasteiger partial charge in [-0.2, -0.15) is 0 Å². The van der Waals surface area contributed by atoms with Crippen LogP contribution >= 0.6 is 0 Å². The lowest BCUT2D eigenvalue weighted by Crippen LogP contribution is -2.30. The van der Waals surface area contributed by atoms with E-state index >= 15 is 0 Å². The van der Waals surface area contributed by atoms with Crippen LogP contribution in [0.1, 0.15) is 21.8 Å². The summed E-state index contributed by atoms with van der Waals surface area (Å²) in [5.74, 6) is 1.88. The first kappa shape index (κ1) is 20.3. The summed E-state index contributed by atoms with van der Waals surface area (Å²) in [6.07, 6.45) is 1.48. The number of aromatic nitrogens is 1. The van der Waals surface area contributed by atoms with E-state index in [1.165, 1.54) is 6.26 Å². The van der Waals surface area contributed by atoms with Gasteiger partial charge in [0.15, 0.2) is 11.5 Å². The zero-order valence-corrected chi connectivity index (χ0v) is 17.3. The van der Waals surface area contributed by atoms with Crippen LogP contribution in [0.4, 0.5) is 0 Å². The van der Waals surface area contributed by atoms with Crippen LogP contribution in [0, 0.1) is 0 Å². The van der Waals surface area contributed by atoms with E-state index in [4.69, 9.17) is 18.4 Å². The van der Waals surface area contributed by atoms with Crippen LogP contribution in [0.15, 0.2) is 81.9 Å². The van der Waals surface area contributed by atoms with Crippen LogP contribution in [0.3, 0.4) is 0 Å². The van der Waals surface area contributed by atoms with Gasteiger partial charge in [0.25, 0.3) is 5.91 Å². The molecule has 2 aromatic heterocycles. The van der Waals surface area contributed by atoms with Gasteiger partial charge in [-0.05, 0) is 29.8 Å². The second-order valence-corrected chi connectivity index (χ2v) is 6.87. The van der Waals surface area contributed by atoms with E-state index in [1.807, 2.05) is 42.5 Å². The fourth-order valence-electron chi connectivity index (χ4n) is 3.27. The molecule has 7 heteroatoms. The largest absolute Gasteiger partial charge is 0.497 e. The molecule has 158 valence electrons. The minimum absolute atomic E-state index is 0.222. The summed E-state index contributed by atoms with van der Waals surface area (Å²) < 4.78 is 21.6. The molecule has 0 radical (unpaired) electrons. The summed E-state index contributed by atoms with van der Waals surface area (Å²) in [6, 6.07) is 20.3. The van der Waals surface area contributed by atoms with Gasteiger partial charge in [-0.25, -0.2) is 0 Å². The van der Waals surface area contributed by atoms with Gasteiger partial charge in [-0.1, -0.05) is 35.5 Å². The van der Waals surface area contributed by atoms with Crippen molar-refractivity contribution in [1.82, 2.24) is 10.1 Å². The van der Waals surface area contributed by atoms with Crippen molar-refractivity contribution in [3.63, 3.8) is 0 Å². The van der Waals surface area contributed by atoms with E-state index < -0.39 is 0 Å². The van der Waals surface area contributed by atoms with E-state index in [-0.39, 0.29) is 18.2 Å². The minimum Gasteiger partial charge on any atom is -0.497 e. The van der Waals surface area contributed by atoms with Gasteiger partial charge in [-0.3, -0.25) is 4.79 Å². The molecule has 7 nitrogen and oxygen atoms in total. The standard InChI is InChI=1S/C24H22N2O5/c1-28-19-10-11-20(22(14-19)29-2)23-13-18(25-31-23)16-26(15-17-7-4-3-5-8-17)24(27)21-9-6-12-30-21/h3-14H,15-16H2,1-2H3. The maximum Gasteiger partial charge on any atom is 0.290 e. The Balaban J connectivity index is 1.59. The number of carbonyl (C=O) groups is 1. The van der Waals surface area contributed by atoms with Crippen LogP contribution in [0.5, 0.6) is 11.5 Å². The quantitative estimate of drug-likeness (QED) is 0.409. The number of methoxy groups -OCH3 is 2. The van der Waals surface area contributed by atoms with E-state index in [0.717, 1.165) is 11.1 Å². The normalized spacial score (nSPS) is 10.6. The van der Waals surface area contributed by atoms with Gasteiger partial charge in [0.05, 0.1) is 32.6 Å². The zero-order valence-electron chi connectivity index (χ0n) is 17.3. The van der Waals surface area contributed by atoms with E-state index in [0.29, 0.717) is 29.5 Å². The van der Waals surface area contributed by atoms with Crippen molar-refractivity contribution in [3.8, 4) is 22.8 Å². The fraction of sp³-hybridized carbons (Fsp3) is 0.167. The van der Waals surface area contributed by atoms with Crippen LogP contribution in [0.2, 0.25) is 0 Å². The average molecular weight is 418 g/mol. The Labute approximate surface area is 179 Å². The van der Waals surface area contributed by atoms with Crippen LogP contribution in [-0.4, -0.2) is 30.2 Å². The first-order chi connectivity index (χ1) is 15.2. The molecular weight excluding hydrogens is 396 g/mol. The number of ether oxygens (including phenoxy) is 2. The molecule has 0 aliphatic heterocycles. The van der Waals surface area contributed by atoms with Crippen molar-refractivity contribution in [1.29, 1.82) is 0 Å². The van der Waals surface area contributed by atoms with Gasteiger partial charge in [0, 0.05) is 18.7 Å². The predicted molar refractivity (Wildman–Crippen MR) is 114 cm³/mol. The van der Waals surface area contributed by atoms with Gasteiger partial charge >= 0.3 is 0 Å². The highest BCUT2D eigenvalue weighted by Gasteiger charge is 2.21. The number of nitrogens with zero attached hydrogens (tertiary/aromatic N) is 2. The maximum absolute atomic E-state index is 13.0. The molecule has 4 aromatic rings. The summed E-state index contributed by atoms with van der Waals surface area (Å²) in [4.78, 5) is 14.7. The third-order valence-electron chi connectivity index (χ3n) is 4.82. The number of hydrogen-bond donors (Lipinski definition) is 0. The lowest BCUT2D eigenvalue weighted by Gasteiger charge is -2.20. The zero-order chi connectivity index (χ0) is 21.6. The molecule has 0 spiro atoms. The Morgan fingerprint density at radius 2 is 1.81 bits per heavy atom. The molecule has 0 bridgehead atoms. The first-order valence-electron chi connectivity index (χ1n) is 9.72. The van der Waals surface area contributed by atoms with Crippen LogP contribution in [0.25, 0.3) is 11.3 Å². The third-order valence-corrected chi connectivity index (χ3v) is 4.82. The molecule has 0 unspecified atom stereocenters. The summed E-state index contributed by atoms with van der Waals surface area (Å²) >= 11 is 0. The molecular formula is C24H22N2O5. The molecule has 1 amide bonds. The van der Waals surface area contributed by atoms with Crippen molar-refractivity contribution in [2.45, 2.75) is 13.1 Å². The Kier molecular flexibility index (Phi) is 6.03. The monoisotopic (exact) mass is 418 g/mol. The predicted octanol–water partition coefficient (Wildman–Crippen LogP) is 4.79. The SMILES string of the molecule is COc1ccc(-c2cc(CN(Cc3ccccc3)C(=O)c3ccco3)no2)c(OC)c1. The molecule has 0 fully saturated rings. The van der Waals surface area contributed by atoms with Crippen molar-refractivity contribution in [2.24, 2.45) is 0 Å². The minimum atomic E-state index is -0.222. The van der Waals surface area contributed by atoms with Crippen molar-refractivity contribution < 1.29 is 23.2 Å². The van der Waals surface area contributed by atoms with E-state index in [9.17, 15) is 4.79 Å². The molecule has 0 saturated heterocycles. The molecule has 4 rings (SSSR count). The average Bonchev–Trinajstić information content (AvgIpc) is 3.51. The molecule has 0 aliphatic carbocycles. The molecule has 0 N–H and O–H groups in total. The molecule has 2 aromatic carbocycles. The number of benzene rings is 2. The second kappa shape index (κ2) is 9.21. The molecule has 0 aliphatic rings. The highest BCUT2D eigenvalue weighted by Crippen LogP contribution is 2.33. The summed E-state index contributed by atoms with van der Waals surface area (Å²) in [5.41, 5.74) is 2.36. The van der Waals surface area contributed by atoms with Crippen molar-refractivity contribution in [3.05, 3.63) is 90.0 Å². The molecule has 0 atom stereocenters. The number of rotatable bonds is 8. The Morgan fingerprint density at radius 1 is 0.968 bits per heavy atom. The van der Waals surface area contributed by atoms with Crippen molar-refractivity contribution in [2.75, 3.05) is 14.2 Å². The number of amides is 1. The van der Waals surface area contributed by atoms with Crippen molar-refractivity contribution >= 4 is 5.91 Å². The van der Waals surface area contributed by atoms with Gasteiger partial charge < -0.3 is 23.3 Å². The van der Waals surface area contributed by atoms with Gasteiger partial charge in [-0.15, -0.1) is 0 Å². The number of carbonyl (C=O) groups excluding carboxylic acids is 1. The fourth-order valence-corrected chi connectivity index (χ4v) is 3.27. The van der Waals surface area contributed by atoms with Gasteiger partial charge in [0.1, 0.15) is 17.2 Å². The number of furan rings is 1. The molecule has 31 heavy (non-hydrogen) atoms. The second-order valence-electron chi connectivity index (χ2n) is 6.87. The Bertz CT molecular complexity index is 1140. The Morgan fingerprint density at radius 3 is 2.52 bits per heavy atom. The lowest BCUT2D eigenvalue weighted by molar-refractivity contribution is 0.0694. The highest BCUT2D eigenvalue weighted by atomic mass is 16.5. The summed E-state index contributed by atoms with van der Waals surface area (Å²) in [5, 5.41) is 4.17. The highest BCUT2D eigenvalue weighted by molar-refractivity contribution is 5.91. The van der Waals surface area contributed by atoms with Crippen LogP contribution < -0.4 is 9.47 Å².